The maximum atomic E-state index is 11.2. The van der Waals surface area contributed by atoms with Crippen molar-refractivity contribution in [3.05, 3.63) is 0 Å². The van der Waals surface area contributed by atoms with Gasteiger partial charge in [0.1, 0.15) is 18.3 Å². The predicted molar refractivity (Wildman–Crippen MR) is 57.5 cm³/mol. The molecule has 1 fully saturated rings. The number of carbonyl (C=O) groups is 2. The van der Waals surface area contributed by atoms with Gasteiger partial charge in [-0.3, -0.25) is 10.1 Å². The Bertz CT molecular complexity index is 338. The second-order valence-electron chi connectivity index (χ2n) is 3.88. The van der Waals surface area contributed by atoms with Crippen molar-refractivity contribution in [3.63, 3.8) is 0 Å². The molecule has 110 valence electrons. The van der Waals surface area contributed by atoms with Crippen LogP contribution in [-0.4, -0.2) is 76.9 Å². The van der Waals surface area contributed by atoms with Crippen molar-refractivity contribution in [2.24, 2.45) is 0 Å². The average molecular weight is 280 g/mol. The number of aliphatic hydroxyl groups is 4. The molecule has 19 heavy (non-hydrogen) atoms. The van der Waals surface area contributed by atoms with Crippen molar-refractivity contribution < 1.29 is 39.5 Å². The van der Waals surface area contributed by atoms with Gasteiger partial charge in [0.05, 0.1) is 13.7 Å². The Morgan fingerprint density at radius 3 is 2.53 bits per heavy atom. The van der Waals surface area contributed by atoms with Crippen LogP contribution in [0.4, 0.5) is 4.79 Å². The molecule has 0 unspecified atom stereocenters. The third-order valence-electron chi connectivity index (χ3n) is 2.73. The Balaban J connectivity index is 3.05. The van der Waals surface area contributed by atoms with Crippen molar-refractivity contribution in [1.29, 1.82) is 0 Å². The molecule has 0 radical (unpaired) electrons. The lowest BCUT2D eigenvalue weighted by molar-refractivity contribution is -0.288. The minimum absolute atomic E-state index is 0.109. The fraction of sp³-hybridized carbons (Fsp3) is 0.778. The number of hydrogen-bond acceptors (Lipinski definition) is 8. The lowest BCUT2D eigenvalue weighted by Crippen LogP contribution is -2.76. The number of amides is 2. The highest BCUT2D eigenvalue weighted by Gasteiger charge is 2.54. The van der Waals surface area contributed by atoms with E-state index in [0.29, 0.717) is 0 Å². The smallest absolute Gasteiger partial charge is 0.410 e. The largest absolute Gasteiger partial charge is 0.453 e. The zero-order valence-corrected chi connectivity index (χ0v) is 10.0. The maximum absolute atomic E-state index is 11.2. The summed E-state index contributed by atoms with van der Waals surface area (Å²) < 4.78 is 9.37. The van der Waals surface area contributed by atoms with Gasteiger partial charge in [-0.15, -0.1) is 0 Å². The molecule has 10 nitrogen and oxygen atoms in total. The molecular formula is C9H16N2O8. The van der Waals surface area contributed by atoms with E-state index in [1.54, 1.807) is 0 Å². The molecule has 1 aliphatic rings. The molecule has 0 spiro atoms. The average Bonchev–Trinajstić information content (AvgIpc) is 2.40. The molecular weight excluding hydrogens is 264 g/mol. The summed E-state index contributed by atoms with van der Waals surface area (Å²) in [5.41, 5.74) is 0. The van der Waals surface area contributed by atoms with Crippen LogP contribution in [0.15, 0.2) is 0 Å². The molecule has 0 aliphatic carbocycles. The SMILES string of the molecule is COC(=O)N[C@]1(NC=O)O[C@H](CO)[C@@H](O)[C@H](O)[C@H]1O. The standard InChI is InChI=1S/C9H16N2O8/c1-18-8(17)11-9(10-3-13)7(16)6(15)5(14)4(2-12)19-9/h3-7,12,14-16H,2H2,1H3,(H,10,13)(H,11,17)/t4-,5-,6+,7-,9+/m1/s1. The minimum Gasteiger partial charge on any atom is -0.453 e. The number of hydrogen-bond donors (Lipinski definition) is 6. The van der Waals surface area contributed by atoms with Gasteiger partial charge in [-0.2, -0.15) is 0 Å². The normalized spacial score (nSPS) is 38.4. The summed E-state index contributed by atoms with van der Waals surface area (Å²) in [4.78, 5) is 21.8. The molecule has 2 amide bonds. The van der Waals surface area contributed by atoms with Gasteiger partial charge in [0.25, 0.3) is 5.85 Å². The van der Waals surface area contributed by atoms with Gasteiger partial charge in [-0.25, -0.2) is 4.79 Å². The predicted octanol–water partition coefficient (Wildman–Crippen LogP) is -3.78. The van der Waals surface area contributed by atoms with E-state index in [2.05, 4.69) is 4.74 Å². The van der Waals surface area contributed by atoms with Gasteiger partial charge in [0.15, 0.2) is 6.10 Å². The molecule has 10 heteroatoms. The number of methoxy groups -OCH3 is 1. The van der Waals surface area contributed by atoms with Crippen LogP contribution in [-0.2, 0) is 14.3 Å². The Kier molecular flexibility index (Phi) is 5.03. The Hall–Kier alpha value is -1.46. The first-order chi connectivity index (χ1) is 8.91. The molecule has 1 aliphatic heterocycles. The third kappa shape index (κ3) is 2.93. The highest BCUT2D eigenvalue weighted by molar-refractivity contribution is 5.68. The van der Waals surface area contributed by atoms with Crippen LogP contribution in [0, 0.1) is 0 Å². The van der Waals surface area contributed by atoms with Gasteiger partial charge >= 0.3 is 6.09 Å². The topological polar surface area (TPSA) is 158 Å². The Morgan fingerprint density at radius 1 is 1.42 bits per heavy atom. The fourth-order valence-corrected chi connectivity index (χ4v) is 1.72. The van der Waals surface area contributed by atoms with Crippen LogP contribution in [0.2, 0.25) is 0 Å². The van der Waals surface area contributed by atoms with E-state index in [9.17, 15) is 24.9 Å². The minimum atomic E-state index is -2.22. The van der Waals surface area contributed by atoms with Crippen LogP contribution in [0.1, 0.15) is 0 Å². The molecule has 0 saturated carbocycles. The van der Waals surface area contributed by atoms with Crippen LogP contribution in [0.25, 0.3) is 0 Å². The number of nitrogens with one attached hydrogen (secondary N) is 2. The van der Waals surface area contributed by atoms with Crippen LogP contribution >= 0.6 is 0 Å². The van der Waals surface area contributed by atoms with E-state index >= 15 is 0 Å². The van der Waals surface area contributed by atoms with Crippen molar-refractivity contribution in [2.45, 2.75) is 30.3 Å². The molecule has 6 N–H and O–H groups in total. The molecule has 0 aromatic rings. The van der Waals surface area contributed by atoms with E-state index in [4.69, 9.17) is 9.84 Å². The summed E-state index contributed by atoms with van der Waals surface area (Å²) in [7, 11) is 1.04. The van der Waals surface area contributed by atoms with Gasteiger partial charge < -0.3 is 35.2 Å². The summed E-state index contributed by atoms with van der Waals surface area (Å²) in [5.74, 6) is -2.22. The fourth-order valence-electron chi connectivity index (χ4n) is 1.72. The third-order valence-corrected chi connectivity index (χ3v) is 2.73. The van der Waals surface area contributed by atoms with Crippen LogP contribution in [0.5, 0.6) is 0 Å². The van der Waals surface area contributed by atoms with E-state index in [0.717, 1.165) is 7.11 Å². The van der Waals surface area contributed by atoms with Gasteiger partial charge in [0, 0.05) is 0 Å². The van der Waals surface area contributed by atoms with Crippen molar-refractivity contribution in [3.8, 4) is 0 Å². The number of rotatable bonds is 4. The Morgan fingerprint density at radius 2 is 2.05 bits per heavy atom. The molecule has 1 saturated heterocycles. The van der Waals surface area contributed by atoms with E-state index < -0.39 is 43.0 Å². The van der Waals surface area contributed by atoms with Crippen molar-refractivity contribution >= 4 is 12.5 Å². The molecule has 0 aromatic heterocycles. The summed E-state index contributed by atoms with van der Waals surface area (Å²) in [6.07, 6.45) is -7.53. The summed E-state index contributed by atoms with van der Waals surface area (Å²) in [6, 6.07) is 0. The maximum Gasteiger partial charge on any atom is 0.410 e. The molecule has 0 bridgehead atoms. The van der Waals surface area contributed by atoms with Crippen LogP contribution in [0.3, 0.4) is 0 Å². The number of aliphatic hydroxyl groups excluding tert-OH is 4. The first-order valence-corrected chi connectivity index (χ1v) is 5.32. The zero-order valence-electron chi connectivity index (χ0n) is 10.0. The lowest BCUT2D eigenvalue weighted by atomic mass is 9.95. The summed E-state index contributed by atoms with van der Waals surface area (Å²) >= 11 is 0. The van der Waals surface area contributed by atoms with Gasteiger partial charge in [-0.1, -0.05) is 0 Å². The van der Waals surface area contributed by atoms with E-state index in [-0.39, 0.29) is 6.41 Å². The van der Waals surface area contributed by atoms with E-state index in [1.807, 2.05) is 10.6 Å². The highest BCUT2D eigenvalue weighted by Crippen LogP contribution is 2.26. The van der Waals surface area contributed by atoms with Crippen molar-refractivity contribution in [1.82, 2.24) is 10.6 Å². The molecule has 5 atom stereocenters. The first kappa shape index (κ1) is 15.6. The second-order valence-corrected chi connectivity index (χ2v) is 3.88. The second kappa shape index (κ2) is 6.12. The monoisotopic (exact) mass is 280 g/mol. The lowest BCUT2D eigenvalue weighted by Gasteiger charge is -2.47. The Labute approximate surface area is 107 Å². The number of ether oxygens (including phenoxy) is 2. The van der Waals surface area contributed by atoms with Crippen LogP contribution < -0.4 is 10.6 Å². The molecule has 1 heterocycles. The van der Waals surface area contributed by atoms with E-state index in [1.165, 1.54) is 0 Å². The summed E-state index contributed by atoms with van der Waals surface area (Å²) in [5, 5.41) is 42.0. The van der Waals surface area contributed by atoms with Gasteiger partial charge in [-0.05, 0) is 0 Å². The van der Waals surface area contributed by atoms with Gasteiger partial charge in [0.2, 0.25) is 6.41 Å². The molecule has 1 rings (SSSR count). The molecule has 0 aromatic carbocycles. The highest BCUT2D eigenvalue weighted by atomic mass is 16.6. The first-order valence-electron chi connectivity index (χ1n) is 5.32. The quantitative estimate of drug-likeness (QED) is 0.226. The summed E-state index contributed by atoms with van der Waals surface area (Å²) in [6.45, 7) is -0.712. The number of alkyl carbamates (subject to hydrolysis) is 1. The van der Waals surface area contributed by atoms with Crippen molar-refractivity contribution in [2.75, 3.05) is 13.7 Å². The number of carbonyl (C=O) groups excluding carboxylic acids is 2. The zero-order chi connectivity index (χ0) is 14.6.